The topological polar surface area (TPSA) is 39.8 Å². The number of aryl methyl sites for hydroxylation is 1. The number of allylic oxidation sites excluding steroid dienone is 4. The van der Waals surface area contributed by atoms with Crippen molar-refractivity contribution < 1.29 is 46.5 Å². The molecule has 1 aliphatic rings. The van der Waals surface area contributed by atoms with Crippen molar-refractivity contribution >= 4 is 8.58 Å². The normalized spacial score (nSPS) is 14.0. The van der Waals surface area contributed by atoms with Crippen LogP contribution in [-0.2, 0) is 46.5 Å². The molecule has 0 aliphatic heterocycles. The van der Waals surface area contributed by atoms with Crippen LogP contribution < -0.4 is 0 Å². The molecule has 0 spiro atoms. The van der Waals surface area contributed by atoms with Gasteiger partial charge in [0, 0.05) is 37.2 Å². The monoisotopic (exact) mass is 637 g/mol. The molecule has 1 aromatic carbocycles. The molecule has 2 nitrogen and oxygen atoms in total. The second-order valence-corrected chi connectivity index (χ2v) is 11.4. The van der Waals surface area contributed by atoms with Crippen molar-refractivity contribution in [2.45, 2.75) is 84.5 Å². The Balaban J connectivity index is -0.0000000893. The smallest absolute Gasteiger partial charge is 0 e. The summed E-state index contributed by atoms with van der Waals surface area (Å²) >= 11 is 0. The minimum Gasteiger partial charge on any atom is 0 e. The van der Waals surface area contributed by atoms with Crippen LogP contribution in [0.25, 0.3) is 0 Å². The minimum atomic E-state index is 0. The number of hydrogen-bond donors (Lipinski definition) is 0. The molecule has 0 unspecified atom stereocenters. The Kier molecular flexibility index (Phi) is 35.2. The van der Waals surface area contributed by atoms with Gasteiger partial charge in [0.25, 0.3) is 0 Å². The molecule has 0 fully saturated rings. The van der Waals surface area contributed by atoms with E-state index in [4.69, 9.17) is 9.30 Å². The van der Waals surface area contributed by atoms with Crippen LogP contribution in [0.4, 0.5) is 0 Å². The third kappa shape index (κ3) is 42.9. The first kappa shape index (κ1) is 39.4. The summed E-state index contributed by atoms with van der Waals surface area (Å²) in [4.78, 5) is 0. The first-order valence-corrected chi connectivity index (χ1v) is 10.3. The van der Waals surface area contributed by atoms with E-state index in [9.17, 15) is 0 Å². The van der Waals surface area contributed by atoms with E-state index in [0.717, 1.165) is 8.58 Å². The van der Waals surface area contributed by atoms with Gasteiger partial charge in [0.15, 0.2) is 0 Å². The summed E-state index contributed by atoms with van der Waals surface area (Å²) < 4.78 is 15.0. The summed E-state index contributed by atoms with van der Waals surface area (Å²) in [7, 11) is 1.05. The fourth-order valence-corrected chi connectivity index (χ4v) is 4.70. The predicted molar refractivity (Wildman–Crippen MR) is 119 cm³/mol. The largest absolute Gasteiger partial charge is 0 e. The molecule has 29 heavy (non-hydrogen) atoms. The van der Waals surface area contributed by atoms with E-state index in [1.165, 1.54) is 31.2 Å². The van der Waals surface area contributed by atoms with E-state index in [0.29, 0.717) is 10.3 Å². The van der Waals surface area contributed by atoms with Gasteiger partial charge in [-0.3, -0.25) is 0 Å². The van der Waals surface area contributed by atoms with Crippen molar-refractivity contribution in [1.29, 1.82) is 0 Å². The van der Waals surface area contributed by atoms with E-state index >= 15 is 0 Å². The van der Waals surface area contributed by atoms with Crippen molar-refractivity contribution in [2.75, 3.05) is 0 Å². The average molecular weight is 637 g/mol. The summed E-state index contributed by atoms with van der Waals surface area (Å²) in [5.74, 6) is 0. The molecule has 1 aliphatic carbocycles. The van der Waals surface area contributed by atoms with Gasteiger partial charge in [0.2, 0.25) is 0 Å². The predicted octanol–water partition coefficient (Wildman–Crippen LogP) is 7.57. The molecular formula is C24H38IrMnO2P-. The number of hydrogen-bond acceptors (Lipinski definition) is 0. The first-order chi connectivity index (χ1) is 12.6. The second kappa shape index (κ2) is 25.9. The van der Waals surface area contributed by atoms with E-state index < -0.39 is 0 Å². The summed E-state index contributed by atoms with van der Waals surface area (Å²) in [6, 6.07) is 8.24. The van der Waals surface area contributed by atoms with Gasteiger partial charge in [-0.15, -0.1) is 8.58 Å². The molecule has 0 aromatic heterocycles. The Morgan fingerprint density at radius 3 is 1.21 bits per heavy atom. The van der Waals surface area contributed by atoms with Crippen LogP contribution in [0, 0.1) is 20.2 Å². The molecule has 0 saturated carbocycles. The van der Waals surface area contributed by atoms with Gasteiger partial charge in [-0.05, 0) is 36.0 Å². The van der Waals surface area contributed by atoms with Gasteiger partial charge in [-0.1, -0.05) is 72.8 Å². The van der Waals surface area contributed by atoms with E-state index in [1.54, 1.807) is 0 Å². The Morgan fingerprint density at radius 1 is 0.793 bits per heavy atom. The quantitative estimate of drug-likeness (QED) is 0.0927. The van der Waals surface area contributed by atoms with Crippen molar-refractivity contribution in [3.8, 4) is 0 Å². The van der Waals surface area contributed by atoms with Crippen LogP contribution in [0.1, 0.15) is 72.8 Å². The van der Waals surface area contributed by atoms with Crippen LogP contribution in [0.5, 0.6) is 0 Å². The third-order valence-corrected chi connectivity index (χ3v) is 4.41. The van der Waals surface area contributed by atoms with Crippen LogP contribution in [0.2, 0.25) is 0 Å². The summed E-state index contributed by atoms with van der Waals surface area (Å²) in [5.41, 5.74) is 1.34. The molecule has 0 amide bonds. The van der Waals surface area contributed by atoms with Crippen molar-refractivity contribution in [2.24, 2.45) is 0 Å². The van der Waals surface area contributed by atoms with Crippen molar-refractivity contribution in [3.63, 3.8) is 0 Å². The average Bonchev–Trinajstić information content (AvgIpc) is 2.99. The zero-order valence-electron chi connectivity index (χ0n) is 19.0. The van der Waals surface area contributed by atoms with Gasteiger partial charge >= 0.3 is 22.6 Å². The van der Waals surface area contributed by atoms with E-state index in [-0.39, 0.29) is 37.2 Å². The summed E-state index contributed by atoms with van der Waals surface area (Å²) in [5, 5.41) is 1.02. The van der Waals surface area contributed by atoms with Crippen LogP contribution in [0.15, 0.2) is 48.6 Å². The fourth-order valence-electron chi connectivity index (χ4n) is 2.45. The van der Waals surface area contributed by atoms with Gasteiger partial charge in [-0.25, -0.2) is 11.6 Å². The van der Waals surface area contributed by atoms with Crippen molar-refractivity contribution in [1.82, 2.24) is 0 Å². The SMILES string of the molecule is C1=C\CC/C=C\CC/1.CC(C)(C)PC(C)(C)C.Cc1cc[cH-]c1.[C-]#[O+].[C-]#[O+].[Ir].[Mn]. The Labute approximate surface area is 206 Å². The zero-order valence-corrected chi connectivity index (χ0v) is 23.6. The maximum absolute atomic E-state index is 7.50. The molecule has 0 saturated heterocycles. The number of rotatable bonds is 0. The van der Waals surface area contributed by atoms with Gasteiger partial charge in [-0.2, -0.15) is 18.2 Å². The maximum atomic E-state index is 7.50. The molecule has 1 aromatic rings. The third-order valence-electron chi connectivity index (χ3n) is 2.91. The van der Waals surface area contributed by atoms with Crippen LogP contribution in [0.3, 0.4) is 0 Å². The fraction of sp³-hybridized carbons (Fsp3) is 0.542. The molecule has 168 valence electrons. The molecular weight excluding hydrogens is 598 g/mol. The van der Waals surface area contributed by atoms with E-state index in [2.05, 4.69) is 98.2 Å². The van der Waals surface area contributed by atoms with Crippen molar-refractivity contribution in [3.05, 3.63) is 67.4 Å². The second-order valence-electron chi connectivity index (χ2n) is 8.18. The molecule has 5 heteroatoms. The molecule has 0 atom stereocenters. The molecule has 2 radical (unpaired) electrons. The molecule has 2 rings (SSSR count). The Hall–Kier alpha value is -0.0912. The van der Waals surface area contributed by atoms with Gasteiger partial charge in [0.05, 0.1) is 0 Å². The van der Waals surface area contributed by atoms with E-state index in [1.807, 2.05) is 12.1 Å². The standard InChI is InChI=1S/C8H19P.C8H12.C6H7.2CO.Ir.Mn/c1-7(2,3)9-8(4,5)6;1-2-4-6-8-7-5-3-1;1-6-4-2-3-5-6;2*1-2;;/h9H,1-6H3;1-2,7-8H,3-6H2;2-5H,1H3;;;;/q;;-1;;;;/b;2-1-,8-7-;;;;;. The van der Waals surface area contributed by atoms with Crippen LogP contribution in [-0.4, -0.2) is 10.3 Å². The minimum absolute atomic E-state index is 0. The van der Waals surface area contributed by atoms with Gasteiger partial charge in [0.1, 0.15) is 0 Å². The Morgan fingerprint density at radius 2 is 1.10 bits per heavy atom. The molecule has 0 heterocycles. The molecule has 0 N–H and O–H groups in total. The van der Waals surface area contributed by atoms with Crippen LogP contribution >= 0.6 is 8.58 Å². The Bertz CT molecular complexity index is 475. The maximum Gasteiger partial charge on any atom is 0 e. The molecule has 0 bridgehead atoms. The first-order valence-electron chi connectivity index (χ1n) is 9.29. The zero-order chi connectivity index (χ0) is 21.8. The summed E-state index contributed by atoms with van der Waals surface area (Å²) in [6.45, 7) is 24.9. The summed E-state index contributed by atoms with van der Waals surface area (Å²) in [6.07, 6.45) is 14.0. The van der Waals surface area contributed by atoms with Gasteiger partial charge < -0.3 is 0 Å².